The number of alkyl halides is 3. The number of nitriles is 1. The molecule has 0 saturated carbocycles. The van der Waals surface area contributed by atoms with Crippen LogP contribution in [0.15, 0.2) is 0 Å². The summed E-state index contributed by atoms with van der Waals surface area (Å²) in [5.74, 6) is -1.54. The van der Waals surface area contributed by atoms with Gasteiger partial charge in [0, 0.05) is 19.5 Å². The summed E-state index contributed by atoms with van der Waals surface area (Å²) < 4.78 is 36.9. The van der Waals surface area contributed by atoms with Gasteiger partial charge >= 0.3 is 12.1 Å². The van der Waals surface area contributed by atoms with Crippen molar-refractivity contribution in [3.05, 3.63) is 0 Å². The molecule has 1 saturated heterocycles. The Morgan fingerprint density at radius 2 is 1.89 bits per heavy atom. The number of rotatable bonds is 2. The fourth-order valence-electron chi connectivity index (χ4n) is 2.45. The Labute approximate surface area is 105 Å². The number of likely N-dealkylation sites (tertiary alicyclic amines) is 1. The van der Waals surface area contributed by atoms with Crippen LogP contribution >= 0.6 is 0 Å². The quantitative estimate of drug-likeness (QED) is 0.768. The first-order valence-electron chi connectivity index (χ1n) is 5.96. The van der Waals surface area contributed by atoms with Crippen LogP contribution in [0.2, 0.25) is 0 Å². The van der Waals surface area contributed by atoms with Crippen LogP contribution < -0.4 is 0 Å². The smallest absolute Gasteiger partial charge is 0.335 e. The van der Waals surface area contributed by atoms with Crippen molar-refractivity contribution in [3.8, 4) is 6.07 Å². The van der Waals surface area contributed by atoms with Gasteiger partial charge in [-0.3, -0.25) is 4.79 Å². The molecule has 1 aliphatic heterocycles. The van der Waals surface area contributed by atoms with Crippen LogP contribution in [0.5, 0.6) is 0 Å². The summed E-state index contributed by atoms with van der Waals surface area (Å²) in [5, 5.41) is 8.83. The van der Waals surface area contributed by atoms with E-state index in [0.717, 1.165) is 4.90 Å². The normalized spacial score (nSPS) is 19.7. The van der Waals surface area contributed by atoms with Gasteiger partial charge in [0.2, 0.25) is 0 Å². The minimum absolute atomic E-state index is 0.0816. The van der Waals surface area contributed by atoms with Gasteiger partial charge < -0.3 is 4.90 Å². The van der Waals surface area contributed by atoms with Gasteiger partial charge in [-0.15, -0.1) is 0 Å². The largest absolute Gasteiger partial charge is 0.471 e. The monoisotopic (exact) mass is 262 g/mol. The average molecular weight is 262 g/mol. The Morgan fingerprint density at radius 3 is 2.22 bits per heavy atom. The summed E-state index contributed by atoms with van der Waals surface area (Å²) in [6, 6.07) is 2.11. The van der Waals surface area contributed by atoms with Crippen molar-refractivity contribution in [3.63, 3.8) is 0 Å². The zero-order chi connectivity index (χ0) is 14.0. The standard InChI is InChI=1S/C12H17F3N2O/c1-9(2)11(3-6-16)4-7-17(8-5-11)10(18)12(13,14)15/h9H,3-5,7-8H2,1-2H3. The molecule has 6 heteroatoms. The molecule has 1 amide bonds. The lowest BCUT2D eigenvalue weighted by molar-refractivity contribution is -0.187. The van der Waals surface area contributed by atoms with Gasteiger partial charge in [0.05, 0.1) is 6.07 Å². The molecule has 0 aromatic heterocycles. The summed E-state index contributed by atoms with van der Waals surface area (Å²) in [6.07, 6.45) is -3.55. The summed E-state index contributed by atoms with van der Waals surface area (Å²) in [6.45, 7) is 4.10. The van der Waals surface area contributed by atoms with E-state index >= 15 is 0 Å². The molecule has 0 spiro atoms. The second kappa shape index (κ2) is 5.17. The molecular weight excluding hydrogens is 245 g/mol. The molecule has 0 bridgehead atoms. The maximum atomic E-state index is 12.3. The molecule has 3 nitrogen and oxygen atoms in total. The average Bonchev–Trinajstić information content (AvgIpc) is 2.28. The number of nitrogens with zero attached hydrogens (tertiary/aromatic N) is 2. The lowest BCUT2D eigenvalue weighted by Crippen LogP contribution is -2.49. The van der Waals surface area contributed by atoms with Crippen LogP contribution in [-0.2, 0) is 4.79 Å². The molecule has 0 unspecified atom stereocenters. The molecular formula is C12H17F3N2O. The number of carbonyl (C=O) groups is 1. The molecule has 0 atom stereocenters. The molecule has 0 aliphatic carbocycles. The topological polar surface area (TPSA) is 44.1 Å². The van der Waals surface area contributed by atoms with Gasteiger partial charge in [-0.1, -0.05) is 13.8 Å². The number of hydrogen-bond donors (Lipinski definition) is 0. The van der Waals surface area contributed by atoms with Gasteiger partial charge in [-0.05, 0) is 24.2 Å². The van der Waals surface area contributed by atoms with E-state index in [4.69, 9.17) is 5.26 Å². The minimum atomic E-state index is -4.80. The molecule has 0 aromatic rings. The van der Waals surface area contributed by atoms with Crippen LogP contribution in [0.1, 0.15) is 33.1 Å². The van der Waals surface area contributed by atoms with Crippen LogP contribution in [0.3, 0.4) is 0 Å². The first-order chi connectivity index (χ1) is 8.23. The molecule has 1 heterocycles. The molecule has 1 aliphatic rings. The second-order valence-corrected chi connectivity index (χ2v) is 5.14. The van der Waals surface area contributed by atoms with Gasteiger partial charge in [0.25, 0.3) is 0 Å². The Hall–Kier alpha value is -1.25. The second-order valence-electron chi connectivity index (χ2n) is 5.14. The van der Waals surface area contributed by atoms with Crippen molar-refractivity contribution in [1.82, 2.24) is 4.90 Å². The SMILES string of the molecule is CC(C)C1(CC#N)CCN(C(=O)C(F)(F)F)CC1. The molecule has 1 rings (SSSR count). The summed E-state index contributed by atoms with van der Waals surface area (Å²) in [5.41, 5.74) is -0.253. The first kappa shape index (κ1) is 14.8. The number of halogens is 3. The fourth-order valence-corrected chi connectivity index (χ4v) is 2.45. The van der Waals surface area contributed by atoms with Crippen molar-refractivity contribution in [2.45, 2.75) is 39.3 Å². The highest BCUT2D eigenvalue weighted by Gasteiger charge is 2.46. The van der Waals surface area contributed by atoms with Crippen LogP contribution in [0, 0.1) is 22.7 Å². The van der Waals surface area contributed by atoms with E-state index in [2.05, 4.69) is 6.07 Å². The third-order valence-electron chi connectivity index (χ3n) is 3.94. The lowest BCUT2D eigenvalue weighted by atomic mass is 9.68. The minimum Gasteiger partial charge on any atom is -0.335 e. The van der Waals surface area contributed by atoms with Crippen molar-refractivity contribution in [2.75, 3.05) is 13.1 Å². The molecule has 0 radical (unpaired) electrons. The molecule has 0 N–H and O–H groups in total. The van der Waals surface area contributed by atoms with E-state index in [1.165, 1.54) is 0 Å². The van der Waals surface area contributed by atoms with E-state index in [-0.39, 0.29) is 24.4 Å². The predicted molar refractivity (Wildman–Crippen MR) is 59.4 cm³/mol. The zero-order valence-electron chi connectivity index (χ0n) is 10.5. The maximum Gasteiger partial charge on any atom is 0.471 e. The van der Waals surface area contributed by atoms with Crippen molar-refractivity contribution in [2.24, 2.45) is 11.3 Å². The Kier molecular flexibility index (Phi) is 4.25. The fraction of sp³-hybridized carbons (Fsp3) is 0.833. The highest BCUT2D eigenvalue weighted by molar-refractivity contribution is 5.81. The van der Waals surface area contributed by atoms with Gasteiger partial charge in [-0.25, -0.2) is 0 Å². The predicted octanol–water partition coefficient (Wildman–Crippen LogP) is 2.73. The first-order valence-corrected chi connectivity index (χ1v) is 5.96. The number of piperidine rings is 1. The zero-order valence-corrected chi connectivity index (χ0v) is 10.5. The number of hydrogen-bond acceptors (Lipinski definition) is 2. The Morgan fingerprint density at radius 1 is 1.39 bits per heavy atom. The maximum absolute atomic E-state index is 12.3. The van der Waals surface area contributed by atoms with E-state index in [1.54, 1.807) is 0 Å². The third kappa shape index (κ3) is 2.95. The van der Waals surface area contributed by atoms with Gasteiger partial charge in [0.1, 0.15) is 0 Å². The molecule has 18 heavy (non-hydrogen) atoms. The molecule has 1 fully saturated rings. The molecule has 102 valence electrons. The summed E-state index contributed by atoms with van der Waals surface area (Å²) >= 11 is 0. The summed E-state index contributed by atoms with van der Waals surface area (Å²) in [7, 11) is 0. The summed E-state index contributed by atoms with van der Waals surface area (Å²) in [4.78, 5) is 11.9. The van der Waals surface area contributed by atoms with Gasteiger partial charge in [-0.2, -0.15) is 18.4 Å². The van der Waals surface area contributed by atoms with Crippen molar-refractivity contribution in [1.29, 1.82) is 5.26 Å². The van der Waals surface area contributed by atoms with Crippen molar-refractivity contribution >= 4 is 5.91 Å². The molecule has 0 aromatic carbocycles. The van der Waals surface area contributed by atoms with E-state index in [9.17, 15) is 18.0 Å². The number of amides is 1. The highest BCUT2D eigenvalue weighted by atomic mass is 19.4. The van der Waals surface area contributed by atoms with Gasteiger partial charge in [0.15, 0.2) is 0 Å². The van der Waals surface area contributed by atoms with Crippen LogP contribution in [0.4, 0.5) is 13.2 Å². The number of carbonyl (C=O) groups excluding carboxylic acids is 1. The Balaban J connectivity index is 2.70. The van der Waals surface area contributed by atoms with Crippen molar-refractivity contribution < 1.29 is 18.0 Å². The van der Waals surface area contributed by atoms with E-state index in [0.29, 0.717) is 19.3 Å². The highest BCUT2D eigenvalue weighted by Crippen LogP contribution is 2.42. The van der Waals surface area contributed by atoms with Crippen LogP contribution in [0.25, 0.3) is 0 Å². The Bertz CT molecular complexity index is 349. The van der Waals surface area contributed by atoms with Crippen LogP contribution in [-0.4, -0.2) is 30.1 Å². The van der Waals surface area contributed by atoms with E-state index < -0.39 is 12.1 Å². The third-order valence-corrected chi connectivity index (χ3v) is 3.94. The van der Waals surface area contributed by atoms with E-state index in [1.807, 2.05) is 13.8 Å². The lowest BCUT2D eigenvalue weighted by Gasteiger charge is -2.43.